The lowest BCUT2D eigenvalue weighted by Gasteiger charge is -2.07. The monoisotopic (exact) mass is 403 g/mol. The Morgan fingerprint density at radius 1 is 1.11 bits per heavy atom. The van der Waals surface area contributed by atoms with Crippen LogP contribution in [0.3, 0.4) is 0 Å². The smallest absolute Gasteiger partial charge is 0.358 e. The Morgan fingerprint density at radius 2 is 1.89 bits per heavy atom. The summed E-state index contributed by atoms with van der Waals surface area (Å²) in [7, 11) is 0. The number of amides is 1. The zero-order valence-electron chi connectivity index (χ0n) is 14.4. The maximum atomic E-state index is 13.5. The van der Waals surface area contributed by atoms with E-state index in [2.05, 4.69) is 15.6 Å². The van der Waals surface area contributed by atoms with Crippen molar-refractivity contribution in [2.75, 3.05) is 17.2 Å². The number of benzene rings is 2. The number of ether oxygens (including phenoxy) is 1. The van der Waals surface area contributed by atoms with Crippen molar-refractivity contribution in [3.05, 3.63) is 76.8 Å². The van der Waals surface area contributed by atoms with Gasteiger partial charge in [-0.05, 0) is 17.7 Å². The van der Waals surface area contributed by atoms with Crippen LogP contribution in [0.5, 0.6) is 0 Å². The van der Waals surface area contributed by atoms with Crippen LogP contribution in [0.2, 0.25) is 0 Å². The third kappa shape index (κ3) is 5.34. The summed E-state index contributed by atoms with van der Waals surface area (Å²) in [6.07, 6.45) is 0. The zero-order valence-corrected chi connectivity index (χ0v) is 15.3. The first kappa shape index (κ1) is 19.4. The quantitative estimate of drug-likeness (QED) is 0.586. The highest BCUT2D eigenvalue weighted by molar-refractivity contribution is 7.13. The number of anilines is 2. The van der Waals surface area contributed by atoms with E-state index in [0.29, 0.717) is 11.7 Å². The molecule has 0 radical (unpaired) electrons. The lowest BCUT2D eigenvalue weighted by molar-refractivity contribution is -0.119. The Bertz CT molecular complexity index is 980. The van der Waals surface area contributed by atoms with E-state index in [-0.39, 0.29) is 11.4 Å². The fraction of sp³-hybridized carbons (Fsp3) is 0.105. The van der Waals surface area contributed by atoms with Gasteiger partial charge in [0.05, 0.1) is 5.69 Å². The molecule has 0 saturated heterocycles. The Kier molecular flexibility index (Phi) is 6.28. The standard InChI is InChI=1S/C19H15F2N3O3S/c20-13-6-7-14(21)15(8-13)23-17(25)10-27-18(26)16-11-28-19(24-16)22-9-12-4-2-1-3-5-12/h1-8,11H,9-10H2,(H,22,24)(H,23,25). The number of hydrogen-bond donors (Lipinski definition) is 2. The van der Waals surface area contributed by atoms with Gasteiger partial charge in [-0.25, -0.2) is 18.6 Å². The van der Waals surface area contributed by atoms with Gasteiger partial charge in [-0.3, -0.25) is 4.79 Å². The van der Waals surface area contributed by atoms with Crippen LogP contribution in [-0.4, -0.2) is 23.5 Å². The minimum atomic E-state index is -0.797. The van der Waals surface area contributed by atoms with Gasteiger partial charge in [0.1, 0.15) is 11.6 Å². The molecule has 3 rings (SSSR count). The van der Waals surface area contributed by atoms with Gasteiger partial charge in [-0.2, -0.15) is 0 Å². The predicted molar refractivity (Wildman–Crippen MR) is 101 cm³/mol. The summed E-state index contributed by atoms with van der Waals surface area (Å²) in [5.41, 5.74) is 0.774. The van der Waals surface area contributed by atoms with Gasteiger partial charge < -0.3 is 15.4 Å². The highest BCUT2D eigenvalue weighted by atomic mass is 32.1. The molecule has 0 aliphatic heterocycles. The molecular formula is C19H15F2N3O3S. The number of thiazole rings is 1. The summed E-state index contributed by atoms with van der Waals surface area (Å²) in [5.74, 6) is -3.09. The van der Waals surface area contributed by atoms with E-state index >= 15 is 0 Å². The summed E-state index contributed by atoms with van der Waals surface area (Å²) in [5, 5.41) is 7.26. The first-order valence-electron chi connectivity index (χ1n) is 8.16. The molecule has 0 unspecified atom stereocenters. The second-order valence-corrected chi connectivity index (χ2v) is 6.48. The summed E-state index contributed by atoms with van der Waals surface area (Å²) in [6.45, 7) is -0.108. The van der Waals surface area contributed by atoms with Crippen molar-refractivity contribution in [3.63, 3.8) is 0 Å². The molecular weight excluding hydrogens is 388 g/mol. The summed E-state index contributed by atoms with van der Waals surface area (Å²) in [4.78, 5) is 27.9. The largest absolute Gasteiger partial charge is 0.451 e. The Balaban J connectivity index is 1.49. The van der Waals surface area contributed by atoms with Crippen molar-refractivity contribution in [3.8, 4) is 0 Å². The van der Waals surface area contributed by atoms with Crippen LogP contribution in [0, 0.1) is 11.6 Å². The fourth-order valence-electron chi connectivity index (χ4n) is 2.21. The van der Waals surface area contributed by atoms with Crippen molar-refractivity contribution >= 4 is 34.0 Å². The number of nitrogens with one attached hydrogen (secondary N) is 2. The number of hydrogen-bond acceptors (Lipinski definition) is 6. The molecule has 3 aromatic rings. The maximum absolute atomic E-state index is 13.5. The first-order chi connectivity index (χ1) is 13.5. The van der Waals surface area contributed by atoms with Crippen molar-refractivity contribution in [2.45, 2.75) is 6.54 Å². The van der Waals surface area contributed by atoms with Crippen molar-refractivity contribution < 1.29 is 23.1 Å². The van der Waals surface area contributed by atoms with Gasteiger partial charge in [-0.1, -0.05) is 30.3 Å². The molecule has 2 N–H and O–H groups in total. The van der Waals surface area contributed by atoms with E-state index in [1.54, 1.807) is 0 Å². The van der Waals surface area contributed by atoms with Gasteiger partial charge in [-0.15, -0.1) is 11.3 Å². The number of halogens is 2. The van der Waals surface area contributed by atoms with Crippen molar-refractivity contribution in [2.24, 2.45) is 0 Å². The molecule has 0 fully saturated rings. The van der Waals surface area contributed by atoms with Crippen LogP contribution in [0.15, 0.2) is 53.9 Å². The minimum absolute atomic E-state index is 0.0466. The van der Waals surface area contributed by atoms with E-state index in [9.17, 15) is 18.4 Å². The summed E-state index contributed by atoms with van der Waals surface area (Å²) >= 11 is 1.22. The molecule has 0 spiro atoms. The second kappa shape index (κ2) is 9.05. The molecule has 0 atom stereocenters. The molecule has 1 aromatic heterocycles. The van der Waals surface area contributed by atoms with E-state index in [0.717, 1.165) is 23.8 Å². The molecule has 0 aliphatic rings. The highest BCUT2D eigenvalue weighted by Gasteiger charge is 2.15. The lowest BCUT2D eigenvalue weighted by Crippen LogP contribution is -2.21. The number of rotatable bonds is 7. The number of esters is 1. The topological polar surface area (TPSA) is 80.3 Å². The molecule has 9 heteroatoms. The van der Waals surface area contributed by atoms with Gasteiger partial charge in [0.15, 0.2) is 17.4 Å². The second-order valence-electron chi connectivity index (χ2n) is 5.63. The van der Waals surface area contributed by atoms with Crippen LogP contribution < -0.4 is 10.6 Å². The molecule has 2 aromatic carbocycles. The summed E-state index contributed by atoms with van der Waals surface area (Å²) in [6, 6.07) is 12.3. The molecule has 0 aliphatic carbocycles. The van der Waals surface area contributed by atoms with Crippen LogP contribution in [0.25, 0.3) is 0 Å². The average Bonchev–Trinajstić information content (AvgIpc) is 3.17. The molecule has 144 valence electrons. The van der Waals surface area contributed by atoms with Crippen LogP contribution in [0.4, 0.5) is 19.6 Å². The van der Waals surface area contributed by atoms with E-state index in [4.69, 9.17) is 4.74 Å². The lowest BCUT2D eigenvalue weighted by atomic mass is 10.2. The van der Waals surface area contributed by atoms with Gasteiger partial charge >= 0.3 is 5.97 Å². The zero-order chi connectivity index (χ0) is 19.9. The van der Waals surface area contributed by atoms with Crippen LogP contribution >= 0.6 is 11.3 Å². The molecule has 28 heavy (non-hydrogen) atoms. The molecule has 6 nitrogen and oxygen atoms in total. The van der Waals surface area contributed by atoms with E-state index in [1.165, 1.54) is 16.7 Å². The van der Waals surface area contributed by atoms with E-state index in [1.807, 2.05) is 30.3 Å². The molecule has 0 bridgehead atoms. The number of nitrogens with zero attached hydrogens (tertiary/aromatic N) is 1. The molecule has 0 saturated carbocycles. The molecule has 1 amide bonds. The normalized spacial score (nSPS) is 10.4. The highest BCUT2D eigenvalue weighted by Crippen LogP contribution is 2.18. The Morgan fingerprint density at radius 3 is 2.68 bits per heavy atom. The first-order valence-corrected chi connectivity index (χ1v) is 9.04. The Labute approximate surface area is 163 Å². The van der Waals surface area contributed by atoms with Gasteiger partial charge in [0.2, 0.25) is 0 Å². The fourth-order valence-corrected chi connectivity index (χ4v) is 2.89. The SMILES string of the molecule is O=C(COC(=O)c1csc(NCc2ccccc2)n1)Nc1cc(F)ccc1F. The van der Waals surface area contributed by atoms with Gasteiger partial charge in [0, 0.05) is 18.0 Å². The molecule has 1 heterocycles. The maximum Gasteiger partial charge on any atom is 0.358 e. The van der Waals surface area contributed by atoms with Crippen molar-refractivity contribution in [1.82, 2.24) is 4.98 Å². The van der Waals surface area contributed by atoms with Crippen LogP contribution in [0.1, 0.15) is 16.1 Å². The van der Waals surface area contributed by atoms with E-state index < -0.39 is 30.1 Å². The van der Waals surface area contributed by atoms with Gasteiger partial charge in [0.25, 0.3) is 5.91 Å². The number of carbonyl (C=O) groups is 2. The van der Waals surface area contributed by atoms with Crippen LogP contribution in [-0.2, 0) is 16.1 Å². The third-order valence-corrected chi connectivity index (χ3v) is 4.34. The Hall–Kier alpha value is -3.33. The minimum Gasteiger partial charge on any atom is -0.451 e. The van der Waals surface area contributed by atoms with Crippen molar-refractivity contribution in [1.29, 1.82) is 0 Å². The number of carbonyl (C=O) groups excluding carboxylic acids is 2. The predicted octanol–water partition coefficient (Wildman–Crippen LogP) is 3.83. The summed E-state index contributed by atoms with van der Waals surface area (Å²) < 4.78 is 31.4. The number of aromatic nitrogens is 1. The third-order valence-electron chi connectivity index (χ3n) is 3.54. The average molecular weight is 403 g/mol.